The van der Waals surface area contributed by atoms with Gasteiger partial charge in [0.1, 0.15) is 0 Å². The smallest absolute Gasteiger partial charge is 0.0550 e. The van der Waals surface area contributed by atoms with Crippen LogP contribution in [-0.2, 0) is 10.8 Å². The molecule has 9 aromatic carbocycles. The molecule has 0 radical (unpaired) electrons. The zero-order valence-corrected chi connectivity index (χ0v) is 35.4. The lowest BCUT2D eigenvalue weighted by molar-refractivity contribution is 0.591. The lowest BCUT2D eigenvalue weighted by atomic mass is 9.76. The summed E-state index contributed by atoms with van der Waals surface area (Å²) in [4.78, 5) is 2.45. The minimum atomic E-state index is -0.313. The number of hydrogen-bond acceptors (Lipinski definition) is 1. The zero-order chi connectivity index (χ0) is 41.5. The van der Waals surface area contributed by atoms with Crippen molar-refractivity contribution in [3.05, 3.63) is 217 Å². The van der Waals surface area contributed by atoms with E-state index in [2.05, 4.69) is 244 Å². The third-order valence-corrected chi connectivity index (χ3v) is 13.1. The van der Waals surface area contributed by atoms with Crippen LogP contribution in [-0.4, -0.2) is 4.57 Å². The van der Waals surface area contributed by atoms with Crippen LogP contribution in [0.15, 0.2) is 200 Å². The molecule has 2 heteroatoms. The van der Waals surface area contributed by atoms with E-state index in [1.54, 1.807) is 0 Å². The Hall–Kier alpha value is -7.16. The molecule has 294 valence electrons. The lowest BCUT2D eigenvalue weighted by Crippen LogP contribution is -2.19. The largest absolute Gasteiger partial charge is 0.310 e. The Bertz CT molecular complexity index is 3300. The average Bonchev–Trinajstić information content (AvgIpc) is 3.63. The van der Waals surface area contributed by atoms with Crippen LogP contribution in [0.25, 0.3) is 71.6 Å². The summed E-state index contributed by atoms with van der Waals surface area (Å²) in [6, 6.07) is 74.7. The van der Waals surface area contributed by atoms with E-state index in [-0.39, 0.29) is 10.8 Å². The van der Waals surface area contributed by atoms with Crippen LogP contribution >= 0.6 is 0 Å². The Kier molecular flexibility index (Phi) is 8.44. The van der Waals surface area contributed by atoms with Crippen LogP contribution in [0.3, 0.4) is 0 Å². The molecule has 61 heavy (non-hydrogen) atoms. The minimum absolute atomic E-state index is 0.00266. The summed E-state index contributed by atoms with van der Waals surface area (Å²) in [5.74, 6) is 0. The fourth-order valence-corrected chi connectivity index (χ4v) is 9.62. The molecule has 11 rings (SSSR count). The van der Waals surface area contributed by atoms with Gasteiger partial charge in [0.05, 0.1) is 16.7 Å². The van der Waals surface area contributed by atoms with E-state index in [0.717, 1.165) is 22.7 Å². The zero-order valence-electron chi connectivity index (χ0n) is 35.4. The monoisotopic (exact) mass is 784 g/mol. The minimum Gasteiger partial charge on any atom is -0.310 e. The number of fused-ring (bicyclic) bond motifs is 14. The summed E-state index contributed by atoms with van der Waals surface area (Å²) in [5, 5.41) is 5.03. The summed E-state index contributed by atoms with van der Waals surface area (Å²) in [5.41, 5.74) is 17.8. The molecule has 0 saturated carbocycles. The Morgan fingerprint density at radius 1 is 0.410 bits per heavy atom. The van der Waals surface area contributed by atoms with E-state index in [1.165, 1.54) is 82.6 Å². The highest BCUT2D eigenvalue weighted by Crippen LogP contribution is 2.48. The first-order chi connectivity index (χ1) is 29.6. The third kappa shape index (κ3) is 6.17. The quantitative estimate of drug-likeness (QED) is 0.173. The van der Waals surface area contributed by atoms with Gasteiger partial charge < -0.3 is 9.47 Å². The number of rotatable bonds is 3. The highest BCUT2D eigenvalue weighted by molar-refractivity contribution is 6.16. The van der Waals surface area contributed by atoms with Crippen LogP contribution in [0.5, 0.6) is 0 Å². The molecule has 1 aliphatic rings. The molecule has 0 spiro atoms. The average molecular weight is 785 g/mol. The molecule has 0 saturated heterocycles. The predicted octanol–water partition coefficient (Wildman–Crippen LogP) is 16.3. The third-order valence-electron chi connectivity index (χ3n) is 13.1. The molecule has 1 aliphatic heterocycles. The topological polar surface area (TPSA) is 8.17 Å². The van der Waals surface area contributed by atoms with Gasteiger partial charge in [-0.1, -0.05) is 168 Å². The van der Waals surface area contributed by atoms with Gasteiger partial charge >= 0.3 is 0 Å². The first kappa shape index (κ1) is 36.9. The summed E-state index contributed by atoms with van der Waals surface area (Å²) >= 11 is 0. The van der Waals surface area contributed by atoms with E-state index in [1.807, 2.05) is 0 Å². The molecule has 6 bridgehead atoms. The van der Waals surface area contributed by atoms with Crippen molar-refractivity contribution in [1.29, 1.82) is 0 Å². The van der Waals surface area contributed by atoms with Crippen molar-refractivity contribution in [2.45, 2.75) is 45.4 Å². The van der Waals surface area contributed by atoms with Gasteiger partial charge in [-0.05, 0) is 127 Å². The Morgan fingerprint density at radius 2 is 1.10 bits per heavy atom. The maximum atomic E-state index is 2.50. The molecule has 2 heterocycles. The molecule has 1 aromatic heterocycles. The number of benzene rings is 9. The Balaban J connectivity index is 1.20. The van der Waals surface area contributed by atoms with Crippen LogP contribution in [0.2, 0.25) is 0 Å². The second kappa shape index (κ2) is 14.0. The van der Waals surface area contributed by atoms with E-state index < -0.39 is 0 Å². The normalized spacial score (nSPS) is 13.4. The number of anilines is 3. The van der Waals surface area contributed by atoms with E-state index in [4.69, 9.17) is 0 Å². The maximum Gasteiger partial charge on any atom is 0.0550 e. The highest BCUT2D eigenvalue weighted by Gasteiger charge is 2.29. The van der Waals surface area contributed by atoms with Crippen molar-refractivity contribution < 1.29 is 0 Å². The van der Waals surface area contributed by atoms with Crippen molar-refractivity contribution in [3.63, 3.8) is 0 Å². The van der Waals surface area contributed by atoms with Crippen molar-refractivity contribution in [2.75, 3.05) is 4.90 Å². The standard InChI is InChI=1S/C59H48N2/c1-58(2,3)45-29-32-52-55(37-45)61(48-20-7-6-8-21-48)56-38-47-36-53(57(52)56)44-18-14-22-50(35-44)60(54-24-12-11-23-51(54)43-17-13-19-46(34-43)59(47,4)5)49-30-27-40(28-31-49)42-26-25-39-15-9-10-16-41(39)33-42/h6-38H,1-5H3. The molecule has 0 unspecified atom stereocenters. The summed E-state index contributed by atoms with van der Waals surface area (Å²) in [6.07, 6.45) is 0. The van der Waals surface area contributed by atoms with Crippen LogP contribution in [0, 0.1) is 0 Å². The fraction of sp³-hybridized carbons (Fsp3) is 0.119. The van der Waals surface area contributed by atoms with Gasteiger partial charge in [0, 0.05) is 38.8 Å². The molecule has 0 fully saturated rings. The number of para-hydroxylation sites is 2. The summed E-state index contributed by atoms with van der Waals surface area (Å²) in [7, 11) is 0. The molecule has 10 aromatic rings. The van der Waals surface area contributed by atoms with Crippen LogP contribution < -0.4 is 4.90 Å². The predicted molar refractivity (Wildman–Crippen MR) is 260 cm³/mol. The SMILES string of the molecule is CC(C)(C)c1ccc2c3c4cc(cc3n(-c3ccccc3)c2c1)C(C)(C)c1cccc(c1)-c1ccccc1N(c1ccc(-c2ccc3ccccc3c2)cc1)c1cccc-4c1. The maximum absolute atomic E-state index is 2.50. The first-order valence-electron chi connectivity index (χ1n) is 21.5. The summed E-state index contributed by atoms with van der Waals surface area (Å²) in [6.45, 7) is 11.7. The van der Waals surface area contributed by atoms with E-state index in [0.29, 0.717) is 0 Å². The van der Waals surface area contributed by atoms with Gasteiger partial charge in [0.25, 0.3) is 0 Å². The van der Waals surface area contributed by atoms with Gasteiger partial charge in [-0.2, -0.15) is 0 Å². The fourth-order valence-electron chi connectivity index (χ4n) is 9.62. The van der Waals surface area contributed by atoms with Gasteiger partial charge in [-0.25, -0.2) is 0 Å². The number of nitrogens with zero attached hydrogens (tertiary/aromatic N) is 2. The van der Waals surface area contributed by atoms with Crippen LogP contribution in [0.1, 0.15) is 51.3 Å². The van der Waals surface area contributed by atoms with Gasteiger partial charge in [-0.15, -0.1) is 0 Å². The van der Waals surface area contributed by atoms with Gasteiger partial charge in [0.15, 0.2) is 0 Å². The highest BCUT2D eigenvalue weighted by atomic mass is 15.1. The number of aromatic nitrogens is 1. The van der Waals surface area contributed by atoms with Gasteiger partial charge in [0.2, 0.25) is 0 Å². The van der Waals surface area contributed by atoms with Gasteiger partial charge in [-0.3, -0.25) is 0 Å². The molecular weight excluding hydrogens is 737 g/mol. The Morgan fingerprint density at radius 3 is 1.90 bits per heavy atom. The Labute approximate surface area is 359 Å². The first-order valence-corrected chi connectivity index (χ1v) is 21.5. The van der Waals surface area contributed by atoms with Crippen molar-refractivity contribution in [3.8, 4) is 39.1 Å². The molecule has 0 N–H and O–H groups in total. The van der Waals surface area contributed by atoms with E-state index >= 15 is 0 Å². The second-order valence-electron chi connectivity index (χ2n) is 18.3. The molecule has 0 aliphatic carbocycles. The molecular formula is C59H48N2. The number of hydrogen-bond donors (Lipinski definition) is 0. The van der Waals surface area contributed by atoms with E-state index in [9.17, 15) is 0 Å². The van der Waals surface area contributed by atoms with Crippen molar-refractivity contribution in [2.24, 2.45) is 0 Å². The molecule has 0 amide bonds. The second-order valence-corrected chi connectivity index (χ2v) is 18.3. The lowest BCUT2D eigenvalue weighted by Gasteiger charge is -2.29. The molecule has 0 atom stereocenters. The molecule has 2 nitrogen and oxygen atoms in total. The summed E-state index contributed by atoms with van der Waals surface area (Å²) < 4.78 is 2.50. The van der Waals surface area contributed by atoms with Crippen molar-refractivity contribution in [1.82, 2.24) is 4.57 Å². The van der Waals surface area contributed by atoms with Crippen LogP contribution in [0.4, 0.5) is 17.1 Å². The van der Waals surface area contributed by atoms with Crippen molar-refractivity contribution >= 4 is 49.6 Å².